The van der Waals surface area contributed by atoms with Crippen LogP contribution in [-0.4, -0.2) is 55.4 Å². The molecule has 0 aliphatic carbocycles. The van der Waals surface area contributed by atoms with Crippen molar-refractivity contribution in [2.24, 2.45) is 5.73 Å². The van der Waals surface area contributed by atoms with Gasteiger partial charge < -0.3 is 15.2 Å². The summed E-state index contributed by atoms with van der Waals surface area (Å²) in [6.07, 6.45) is 2.24. The molecule has 0 bridgehead atoms. The molecule has 1 unspecified atom stereocenters. The van der Waals surface area contributed by atoms with Gasteiger partial charge in [-0.15, -0.1) is 0 Å². The minimum atomic E-state index is -0.0839. The molecule has 0 aromatic rings. The molecule has 1 rings (SSSR count). The van der Waals surface area contributed by atoms with Crippen LogP contribution in [0.1, 0.15) is 19.8 Å². The minimum absolute atomic E-state index is 0.0839. The first kappa shape index (κ1) is 13.8. The quantitative estimate of drug-likeness (QED) is 0.531. The monoisotopic (exact) mass is 246 g/mol. The van der Waals surface area contributed by atoms with E-state index in [-0.39, 0.29) is 6.10 Å². The summed E-state index contributed by atoms with van der Waals surface area (Å²) in [4.78, 5) is 2.75. The van der Waals surface area contributed by atoms with Crippen LogP contribution >= 0.6 is 12.2 Å². The van der Waals surface area contributed by atoms with E-state index in [1.165, 1.54) is 6.42 Å². The topological polar surface area (TPSA) is 47.7 Å². The molecule has 1 atom stereocenters. The molecule has 1 saturated heterocycles. The Morgan fingerprint density at radius 1 is 1.56 bits per heavy atom. The van der Waals surface area contributed by atoms with Crippen LogP contribution in [0.3, 0.4) is 0 Å². The molecule has 1 heterocycles. The van der Waals surface area contributed by atoms with Crippen LogP contribution in [0.15, 0.2) is 0 Å². The molecule has 0 amide bonds. The van der Waals surface area contributed by atoms with Crippen LogP contribution < -0.4 is 5.73 Å². The summed E-state index contributed by atoms with van der Waals surface area (Å²) in [6.45, 7) is 7.19. The van der Waals surface area contributed by atoms with Crippen molar-refractivity contribution in [2.45, 2.75) is 25.9 Å². The van der Waals surface area contributed by atoms with Crippen molar-refractivity contribution in [2.75, 3.05) is 39.5 Å². The van der Waals surface area contributed by atoms with Crippen molar-refractivity contribution in [1.29, 1.82) is 0 Å². The molecule has 94 valence electrons. The van der Waals surface area contributed by atoms with E-state index in [1.54, 1.807) is 0 Å². The largest absolute Gasteiger partial charge is 0.391 e. The first-order chi connectivity index (χ1) is 7.74. The van der Waals surface area contributed by atoms with Gasteiger partial charge in [-0.25, -0.2) is 0 Å². The molecular weight excluding hydrogens is 224 g/mol. The highest BCUT2D eigenvalue weighted by Gasteiger charge is 2.21. The zero-order chi connectivity index (χ0) is 11.8. The van der Waals surface area contributed by atoms with Crippen molar-refractivity contribution in [3.05, 3.63) is 0 Å². The fourth-order valence-corrected chi connectivity index (χ4v) is 1.76. The van der Waals surface area contributed by atoms with E-state index in [1.807, 2.05) is 0 Å². The zero-order valence-electron chi connectivity index (χ0n) is 9.98. The summed E-state index contributed by atoms with van der Waals surface area (Å²) < 4.78 is 11.0. The summed E-state index contributed by atoms with van der Waals surface area (Å²) in [5, 5.41) is 0. The number of nitrogens with zero attached hydrogens (tertiary/aromatic N) is 1. The number of hydrogen-bond donors (Lipinski definition) is 1. The van der Waals surface area contributed by atoms with Crippen LogP contribution in [-0.2, 0) is 9.47 Å². The lowest BCUT2D eigenvalue weighted by Crippen LogP contribution is -2.48. The maximum absolute atomic E-state index is 5.57. The standard InChI is InChI=1S/C11H22N2O2S/c1-2-3-6-14-7-4-13-5-8-15-10(9-13)11(12)16/h10H,2-9H2,1H3,(H2,12,16). The van der Waals surface area contributed by atoms with E-state index in [0.29, 0.717) is 11.6 Å². The van der Waals surface area contributed by atoms with E-state index in [0.717, 1.165) is 39.3 Å². The van der Waals surface area contributed by atoms with Gasteiger partial charge >= 0.3 is 0 Å². The van der Waals surface area contributed by atoms with E-state index in [4.69, 9.17) is 27.4 Å². The Hall–Kier alpha value is -0.230. The molecule has 1 fully saturated rings. The van der Waals surface area contributed by atoms with E-state index >= 15 is 0 Å². The second-order valence-electron chi connectivity index (χ2n) is 4.03. The van der Waals surface area contributed by atoms with Gasteiger partial charge in [-0.1, -0.05) is 25.6 Å². The third kappa shape index (κ3) is 5.21. The molecule has 2 N–H and O–H groups in total. The lowest BCUT2D eigenvalue weighted by molar-refractivity contribution is -0.00490. The second-order valence-corrected chi connectivity index (χ2v) is 4.50. The van der Waals surface area contributed by atoms with Crippen molar-refractivity contribution in [3.8, 4) is 0 Å². The Morgan fingerprint density at radius 2 is 2.38 bits per heavy atom. The van der Waals surface area contributed by atoms with Gasteiger partial charge in [0.2, 0.25) is 0 Å². The molecule has 5 heteroatoms. The Bertz CT molecular complexity index is 214. The molecule has 0 spiro atoms. The molecule has 0 aromatic carbocycles. The first-order valence-electron chi connectivity index (χ1n) is 5.95. The number of morpholine rings is 1. The maximum atomic E-state index is 5.57. The van der Waals surface area contributed by atoms with E-state index in [2.05, 4.69) is 11.8 Å². The van der Waals surface area contributed by atoms with Crippen LogP contribution in [0.5, 0.6) is 0 Å². The fourth-order valence-electron chi connectivity index (χ4n) is 1.62. The van der Waals surface area contributed by atoms with Gasteiger partial charge in [0.05, 0.1) is 13.2 Å². The SMILES string of the molecule is CCCCOCCN1CCOC(C(N)=S)C1. The smallest absolute Gasteiger partial charge is 0.120 e. The highest BCUT2D eigenvalue weighted by atomic mass is 32.1. The Morgan fingerprint density at radius 3 is 3.06 bits per heavy atom. The summed E-state index contributed by atoms with van der Waals surface area (Å²) in [7, 11) is 0. The van der Waals surface area contributed by atoms with Gasteiger partial charge in [0.25, 0.3) is 0 Å². The number of unbranched alkanes of at least 4 members (excludes halogenated alkanes) is 1. The number of nitrogens with two attached hydrogens (primary N) is 1. The van der Waals surface area contributed by atoms with E-state index in [9.17, 15) is 0 Å². The maximum Gasteiger partial charge on any atom is 0.120 e. The Labute approximate surface area is 103 Å². The minimum Gasteiger partial charge on any atom is -0.391 e. The summed E-state index contributed by atoms with van der Waals surface area (Å²) in [5.74, 6) is 0. The third-order valence-corrected chi connectivity index (χ3v) is 2.92. The highest BCUT2D eigenvalue weighted by molar-refractivity contribution is 7.80. The number of rotatable bonds is 7. The predicted octanol–water partition coefficient (Wildman–Crippen LogP) is 0.790. The second kappa shape index (κ2) is 7.95. The third-order valence-electron chi connectivity index (χ3n) is 2.66. The van der Waals surface area contributed by atoms with Gasteiger partial charge in [-0.2, -0.15) is 0 Å². The van der Waals surface area contributed by atoms with Gasteiger partial charge in [0, 0.05) is 26.2 Å². The molecule has 16 heavy (non-hydrogen) atoms. The van der Waals surface area contributed by atoms with Crippen LogP contribution in [0, 0.1) is 0 Å². The Kier molecular flexibility index (Phi) is 6.87. The molecule has 1 aliphatic rings. The van der Waals surface area contributed by atoms with Crippen LogP contribution in [0.2, 0.25) is 0 Å². The zero-order valence-corrected chi connectivity index (χ0v) is 10.8. The van der Waals surface area contributed by atoms with Gasteiger partial charge in [0.15, 0.2) is 0 Å². The van der Waals surface area contributed by atoms with Crippen molar-refractivity contribution >= 4 is 17.2 Å². The molecule has 1 aliphatic heterocycles. The lowest BCUT2D eigenvalue weighted by Gasteiger charge is -2.32. The van der Waals surface area contributed by atoms with E-state index < -0.39 is 0 Å². The van der Waals surface area contributed by atoms with Gasteiger partial charge in [0.1, 0.15) is 11.1 Å². The summed E-state index contributed by atoms with van der Waals surface area (Å²) in [6, 6.07) is 0. The van der Waals surface area contributed by atoms with Crippen LogP contribution in [0.4, 0.5) is 0 Å². The Balaban J connectivity index is 2.10. The number of thiocarbonyl (C=S) groups is 1. The first-order valence-corrected chi connectivity index (χ1v) is 6.36. The normalized spacial score (nSPS) is 22.2. The van der Waals surface area contributed by atoms with Gasteiger partial charge in [-0.3, -0.25) is 4.90 Å². The molecule has 0 aromatic heterocycles. The molecular formula is C11H22N2O2S. The van der Waals surface area contributed by atoms with Crippen molar-refractivity contribution < 1.29 is 9.47 Å². The molecule has 0 saturated carbocycles. The average Bonchev–Trinajstić information content (AvgIpc) is 2.29. The molecule has 4 nitrogen and oxygen atoms in total. The number of ether oxygens (including phenoxy) is 2. The van der Waals surface area contributed by atoms with Crippen molar-refractivity contribution in [1.82, 2.24) is 4.90 Å². The summed E-state index contributed by atoms with van der Waals surface area (Å²) in [5.41, 5.74) is 5.57. The number of hydrogen-bond acceptors (Lipinski definition) is 4. The van der Waals surface area contributed by atoms with Crippen molar-refractivity contribution in [3.63, 3.8) is 0 Å². The van der Waals surface area contributed by atoms with Gasteiger partial charge in [-0.05, 0) is 6.42 Å². The predicted molar refractivity (Wildman–Crippen MR) is 68.7 cm³/mol. The summed E-state index contributed by atoms with van der Waals surface area (Å²) >= 11 is 4.93. The van der Waals surface area contributed by atoms with Crippen LogP contribution in [0.25, 0.3) is 0 Å². The highest BCUT2D eigenvalue weighted by Crippen LogP contribution is 2.05. The average molecular weight is 246 g/mol. The molecule has 0 radical (unpaired) electrons. The lowest BCUT2D eigenvalue weighted by atomic mass is 10.2. The fraction of sp³-hybridized carbons (Fsp3) is 0.909.